The van der Waals surface area contributed by atoms with Crippen LogP contribution in [-0.2, 0) is 10.0 Å². The first-order valence-corrected chi connectivity index (χ1v) is 11.0. The highest BCUT2D eigenvalue weighted by Gasteiger charge is 2.20. The van der Waals surface area contributed by atoms with Crippen LogP contribution in [0.3, 0.4) is 0 Å². The number of hydrogen-bond donors (Lipinski definition) is 2. The Morgan fingerprint density at radius 1 is 1.06 bits per heavy atom. The first-order valence-electron chi connectivity index (χ1n) is 9.51. The maximum atomic E-state index is 13.9. The molecule has 3 rings (SSSR count). The average molecular weight is 457 g/mol. The van der Waals surface area contributed by atoms with E-state index in [-0.39, 0.29) is 21.8 Å². The van der Waals surface area contributed by atoms with E-state index in [0.29, 0.717) is 11.1 Å². The SMILES string of the molecule is Cc1ccc(S(=O)(=O)Nc2ccc(C(=O)NC(C)c3ccccc3F)cc2)cc1[N+](=O)[O-]. The van der Waals surface area contributed by atoms with E-state index in [2.05, 4.69) is 10.0 Å². The highest BCUT2D eigenvalue weighted by atomic mass is 32.2. The van der Waals surface area contributed by atoms with Crippen molar-refractivity contribution in [2.24, 2.45) is 0 Å². The Morgan fingerprint density at radius 2 is 1.72 bits per heavy atom. The quantitative estimate of drug-likeness (QED) is 0.404. The van der Waals surface area contributed by atoms with Crippen molar-refractivity contribution in [1.29, 1.82) is 0 Å². The zero-order valence-corrected chi connectivity index (χ0v) is 18.0. The zero-order valence-electron chi connectivity index (χ0n) is 17.2. The van der Waals surface area contributed by atoms with E-state index in [0.717, 1.165) is 6.07 Å². The van der Waals surface area contributed by atoms with Crippen LogP contribution in [0.15, 0.2) is 71.6 Å². The predicted molar refractivity (Wildman–Crippen MR) is 117 cm³/mol. The minimum absolute atomic E-state index is 0.173. The minimum Gasteiger partial charge on any atom is -0.345 e. The van der Waals surface area contributed by atoms with Crippen LogP contribution in [0.4, 0.5) is 15.8 Å². The molecule has 166 valence electrons. The molecular formula is C22H20FN3O5S. The van der Waals surface area contributed by atoms with E-state index in [1.165, 1.54) is 49.4 Å². The number of halogens is 1. The molecular weight excluding hydrogens is 437 g/mol. The number of hydrogen-bond acceptors (Lipinski definition) is 5. The van der Waals surface area contributed by atoms with E-state index in [1.807, 2.05) is 0 Å². The van der Waals surface area contributed by atoms with Gasteiger partial charge in [-0.05, 0) is 50.2 Å². The summed E-state index contributed by atoms with van der Waals surface area (Å²) in [5, 5.41) is 13.8. The number of benzene rings is 3. The molecule has 0 aliphatic carbocycles. The Kier molecular flexibility index (Phi) is 6.54. The lowest BCUT2D eigenvalue weighted by molar-refractivity contribution is -0.385. The van der Waals surface area contributed by atoms with Crippen LogP contribution < -0.4 is 10.0 Å². The number of carbonyl (C=O) groups is 1. The van der Waals surface area contributed by atoms with Crippen LogP contribution in [0.2, 0.25) is 0 Å². The Hall–Kier alpha value is -3.79. The molecule has 0 aromatic heterocycles. The molecule has 0 fully saturated rings. The number of sulfonamides is 1. The third kappa shape index (κ3) is 5.09. The van der Waals surface area contributed by atoms with Crippen molar-refractivity contribution in [3.05, 3.63) is 99.4 Å². The van der Waals surface area contributed by atoms with Crippen molar-refractivity contribution in [1.82, 2.24) is 5.32 Å². The molecule has 0 saturated carbocycles. The van der Waals surface area contributed by atoms with Gasteiger partial charge in [0.15, 0.2) is 0 Å². The Balaban J connectivity index is 1.73. The van der Waals surface area contributed by atoms with Crippen LogP contribution in [0.25, 0.3) is 0 Å². The number of rotatable bonds is 7. The Labute approximate surface area is 184 Å². The molecule has 1 unspecified atom stereocenters. The number of nitro benzene ring substituents is 1. The molecule has 2 N–H and O–H groups in total. The number of anilines is 1. The maximum Gasteiger partial charge on any atom is 0.273 e. The molecule has 3 aromatic rings. The van der Waals surface area contributed by atoms with Gasteiger partial charge in [-0.15, -0.1) is 0 Å². The fourth-order valence-electron chi connectivity index (χ4n) is 3.04. The van der Waals surface area contributed by atoms with Gasteiger partial charge in [0, 0.05) is 28.4 Å². The molecule has 0 spiro atoms. The fourth-order valence-corrected chi connectivity index (χ4v) is 4.12. The Morgan fingerprint density at radius 3 is 2.34 bits per heavy atom. The van der Waals surface area contributed by atoms with Gasteiger partial charge in [-0.25, -0.2) is 12.8 Å². The minimum atomic E-state index is -4.08. The van der Waals surface area contributed by atoms with E-state index < -0.39 is 32.7 Å². The summed E-state index contributed by atoms with van der Waals surface area (Å²) in [6, 6.07) is 14.8. The summed E-state index contributed by atoms with van der Waals surface area (Å²) in [7, 11) is -4.08. The third-order valence-electron chi connectivity index (χ3n) is 4.81. The molecule has 8 nitrogen and oxygen atoms in total. The first-order chi connectivity index (χ1) is 15.1. The summed E-state index contributed by atoms with van der Waals surface area (Å²) in [6.45, 7) is 3.17. The number of aryl methyl sites for hydroxylation is 1. The van der Waals surface area contributed by atoms with Crippen molar-refractivity contribution in [2.75, 3.05) is 4.72 Å². The van der Waals surface area contributed by atoms with E-state index in [1.54, 1.807) is 25.1 Å². The topological polar surface area (TPSA) is 118 Å². The largest absolute Gasteiger partial charge is 0.345 e. The van der Waals surface area contributed by atoms with Crippen LogP contribution in [0, 0.1) is 22.9 Å². The summed E-state index contributed by atoms with van der Waals surface area (Å²) >= 11 is 0. The number of carbonyl (C=O) groups excluding carboxylic acids is 1. The van der Waals surface area contributed by atoms with Gasteiger partial charge < -0.3 is 5.32 Å². The normalized spacial score (nSPS) is 12.1. The van der Waals surface area contributed by atoms with Gasteiger partial charge in [0.25, 0.3) is 21.6 Å². The smallest absolute Gasteiger partial charge is 0.273 e. The first kappa shape index (κ1) is 22.9. The molecule has 0 aliphatic heterocycles. The van der Waals surface area contributed by atoms with Crippen molar-refractivity contribution >= 4 is 27.3 Å². The van der Waals surface area contributed by atoms with Gasteiger partial charge in [-0.1, -0.05) is 24.3 Å². The van der Waals surface area contributed by atoms with Gasteiger partial charge in [-0.3, -0.25) is 19.6 Å². The molecule has 1 atom stereocenters. The van der Waals surface area contributed by atoms with Crippen molar-refractivity contribution in [2.45, 2.75) is 24.8 Å². The lowest BCUT2D eigenvalue weighted by Crippen LogP contribution is -2.27. The number of nitro groups is 1. The second-order valence-corrected chi connectivity index (χ2v) is 8.79. The van der Waals surface area contributed by atoms with Crippen LogP contribution in [-0.4, -0.2) is 19.2 Å². The fraction of sp³-hybridized carbons (Fsp3) is 0.136. The molecule has 0 bridgehead atoms. The van der Waals surface area contributed by atoms with Gasteiger partial charge >= 0.3 is 0 Å². The molecule has 0 radical (unpaired) electrons. The molecule has 1 amide bonds. The molecule has 0 heterocycles. The standard InChI is InChI=1S/C22H20FN3O5S/c1-14-7-12-18(13-21(14)26(28)29)32(30,31)25-17-10-8-16(9-11-17)22(27)24-15(2)19-5-3-4-6-20(19)23/h3-13,15,25H,1-2H3,(H,24,27). The second kappa shape index (κ2) is 9.15. The summed E-state index contributed by atoms with van der Waals surface area (Å²) in [6.07, 6.45) is 0. The van der Waals surface area contributed by atoms with Gasteiger partial charge in [0.1, 0.15) is 5.82 Å². The lowest BCUT2D eigenvalue weighted by atomic mass is 10.1. The van der Waals surface area contributed by atoms with Crippen molar-refractivity contribution < 1.29 is 22.5 Å². The van der Waals surface area contributed by atoms with Crippen LogP contribution in [0.1, 0.15) is 34.5 Å². The maximum absolute atomic E-state index is 13.9. The van der Waals surface area contributed by atoms with Crippen LogP contribution >= 0.6 is 0 Å². The summed E-state index contributed by atoms with van der Waals surface area (Å²) < 4.78 is 41.4. The van der Waals surface area contributed by atoms with Gasteiger partial charge in [-0.2, -0.15) is 0 Å². The summed E-state index contributed by atoms with van der Waals surface area (Å²) in [5.74, 6) is -0.884. The monoisotopic (exact) mass is 457 g/mol. The van der Waals surface area contributed by atoms with Gasteiger partial charge in [0.2, 0.25) is 0 Å². The van der Waals surface area contributed by atoms with E-state index in [4.69, 9.17) is 0 Å². The van der Waals surface area contributed by atoms with Crippen molar-refractivity contribution in [3.8, 4) is 0 Å². The van der Waals surface area contributed by atoms with Gasteiger partial charge in [0.05, 0.1) is 15.9 Å². The summed E-state index contributed by atoms with van der Waals surface area (Å²) in [4.78, 5) is 22.6. The van der Waals surface area contributed by atoms with Crippen LogP contribution in [0.5, 0.6) is 0 Å². The number of nitrogens with one attached hydrogen (secondary N) is 2. The highest BCUT2D eigenvalue weighted by Crippen LogP contribution is 2.24. The van der Waals surface area contributed by atoms with E-state index >= 15 is 0 Å². The molecule has 10 heteroatoms. The predicted octanol–water partition coefficient (Wildman–Crippen LogP) is 4.33. The average Bonchev–Trinajstić information content (AvgIpc) is 2.74. The van der Waals surface area contributed by atoms with Crippen molar-refractivity contribution in [3.63, 3.8) is 0 Å². The lowest BCUT2D eigenvalue weighted by Gasteiger charge is -2.15. The highest BCUT2D eigenvalue weighted by molar-refractivity contribution is 7.92. The van der Waals surface area contributed by atoms with E-state index in [9.17, 15) is 27.7 Å². The molecule has 32 heavy (non-hydrogen) atoms. The number of amides is 1. The second-order valence-electron chi connectivity index (χ2n) is 7.10. The molecule has 0 aliphatic rings. The number of nitrogens with zero attached hydrogens (tertiary/aromatic N) is 1. The third-order valence-corrected chi connectivity index (χ3v) is 6.19. The molecule has 0 saturated heterocycles. The Bertz CT molecular complexity index is 1280. The molecule has 3 aromatic carbocycles. The zero-order chi connectivity index (χ0) is 23.5. The summed E-state index contributed by atoms with van der Waals surface area (Å²) in [5.41, 5.74) is 0.809.